The summed E-state index contributed by atoms with van der Waals surface area (Å²) in [5.41, 5.74) is 0. The van der Waals surface area contributed by atoms with Crippen molar-refractivity contribution < 1.29 is 14.6 Å². The normalized spacial score (nSPS) is 11.9. The Morgan fingerprint density at radius 3 is 2.80 bits per heavy atom. The van der Waals surface area contributed by atoms with Gasteiger partial charge in [-0.05, 0) is 38.0 Å². The van der Waals surface area contributed by atoms with E-state index < -0.39 is 6.10 Å². The topological polar surface area (TPSA) is 58.6 Å². The number of nitrogens with one attached hydrogen (secondary N) is 1. The van der Waals surface area contributed by atoms with Crippen molar-refractivity contribution in [3.63, 3.8) is 0 Å². The van der Waals surface area contributed by atoms with Crippen molar-refractivity contribution in [2.24, 2.45) is 0 Å². The van der Waals surface area contributed by atoms with E-state index >= 15 is 0 Å². The second-order valence-corrected chi connectivity index (χ2v) is 5.08. The van der Waals surface area contributed by atoms with Crippen LogP contribution in [-0.4, -0.2) is 30.3 Å². The van der Waals surface area contributed by atoms with Gasteiger partial charge in [-0.2, -0.15) is 0 Å². The van der Waals surface area contributed by atoms with E-state index in [4.69, 9.17) is 21.4 Å². The number of carbonyl (C=O) groups excluding carboxylic acids is 1. The number of halogens is 1. The smallest absolute Gasteiger partial charge is 0.260 e. The second kappa shape index (κ2) is 9.61. The van der Waals surface area contributed by atoms with Gasteiger partial charge in [0.1, 0.15) is 5.75 Å². The molecular weight excluding hydrogens is 278 g/mol. The van der Waals surface area contributed by atoms with E-state index in [0.29, 0.717) is 17.3 Å². The quantitative estimate of drug-likeness (QED) is 0.689. The third-order valence-corrected chi connectivity index (χ3v) is 3.10. The van der Waals surface area contributed by atoms with Crippen molar-refractivity contribution in [2.75, 3.05) is 13.2 Å². The van der Waals surface area contributed by atoms with Crippen LogP contribution in [0.15, 0.2) is 24.3 Å². The Hall–Kier alpha value is -1.26. The summed E-state index contributed by atoms with van der Waals surface area (Å²) in [6.07, 6.45) is 3.18. The van der Waals surface area contributed by atoms with Gasteiger partial charge in [0.25, 0.3) is 5.91 Å². The molecule has 1 amide bonds. The van der Waals surface area contributed by atoms with Crippen molar-refractivity contribution >= 4 is 17.5 Å². The standard InChI is InChI=1S/C15H22ClNO3/c1-12(20-14-8-6-7-13(16)11-14)15(19)17-9-4-2-3-5-10-18/h6-8,11-12,18H,2-5,9-10H2,1H3,(H,17,19). The number of hydrogen-bond acceptors (Lipinski definition) is 3. The van der Waals surface area contributed by atoms with Gasteiger partial charge in [-0.3, -0.25) is 4.79 Å². The van der Waals surface area contributed by atoms with Crippen LogP contribution >= 0.6 is 11.6 Å². The van der Waals surface area contributed by atoms with Crippen molar-refractivity contribution in [1.29, 1.82) is 0 Å². The molecule has 0 bridgehead atoms. The van der Waals surface area contributed by atoms with E-state index in [-0.39, 0.29) is 12.5 Å². The Bertz CT molecular complexity index is 412. The lowest BCUT2D eigenvalue weighted by molar-refractivity contribution is -0.127. The molecule has 0 heterocycles. The summed E-state index contributed by atoms with van der Waals surface area (Å²) in [6.45, 7) is 2.58. The molecule has 0 spiro atoms. The van der Waals surface area contributed by atoms with Gasteiger partial charge in [0.05, 0.1) is 0 Å². The van der Waals surface area contributed by atoms with Crippen molar-refractivity contribution in [1.82, 2.24) is 5.32 Å². The average molecular weight is 300 g/mol. The van der Waals surface area contributed by atoms with E-state index in [1.807, 2.05) is 0 Å². The van der Waals surface area contributed by atoms with Gasteiger partial charge < -0.3 is 15.2 Å². The fraction of sp³-hybridized carbons (Fsp3) is 0.533. The zero-order valence-electron chi connectivity index (χ0n) is 11.8. The number of aliphatic hydroxyl groups excluding tert-OH is 1. The largest absolute Gasteiger partial charge is 0.481 e. The van der Waals surface area contributed by atoms with Crippen molar-refractivity contribution in [2.45, 2.75) is 38.7 Å². The first-order chi connectivity index (χ1) is 9.63. The molecule has 4 nitrogen and oxygen atoms in total. The highest BCUT2D eigenvalue weighted by Gasteiger charge is 2.13. The van der Waals surface area contributed by atoms with E-state index in [9.17, 15) is 4.79 Å². The maximum absolute atomic E-state index is 11.8. The predicted octanol–water partition coefficient (Wildman–Crippen LogP) is 2.78. The summed E-state index contributed by atoms with van der Waals surface area (Å²) < 4.78 is 5.52. The van der Waals surface area contributed by atoms with Gasteiger partial charge >= 0.3 is 0 Å². The molecule has 1 rings (SSSR count). The molecule has 0 aliphatic carbocycles. The Kier molecular flexibility index (Phi) is 8.07. The van der Waals surface area contributed by atoms with Crippen LogP contribution in [0.4, 0.5) is 0 Å². The molecule has 0 saturated heterocycles. The second-order valence-electron chi connectivity index (χ2n) is 4.65. The molecule has 1 unspecified atom stereocenters. The maximum atomic E-state index is 11.8. The number of aliphatic hydroxyl groups is 1. The first kappa shape index (κ1) is 16.8. The van der Waals surface area contributed by atoms with Crippen LogP contribution in [0.2, 0.25) is 5.02 Å². The minimum Gasteiger partial charge on any atom is -0.481 e. The molecule has 0 aliphatic rings. The van der Waals surface area contributed by atoms with Crippen LogP contribution in [0.25, 0.3) is 0 Å². The third-order valence-electron chi connectivity index (χ3n) is 2.86. The van der Waals surface area contributed by atoms with Crippen molar-refractivity contribution in [3.8, 4) is 5.75 Å². The average Bonchev–Trinajstić information content (AvgIpc) is 2.42. The molecular formula is C15H22ClNO3. The minimum atomic E-state index is -0.550. The first-order valence-electron chi connectivity index (χ1n) is 6.94. The van der Waals surface area contributed by atoms with Crippen LogP contribution < -0.4 is 10.1 Å². The molecule has 1 atom stereocenters. The summed E-state index contributed by atoms with van der Waals surface area (Å²) in [4.78, 5) is 11.8. The molecule has 20 heavy (non-hydrogen) atoms. The SMILES string of the molecule is CC(Oc1cccc(Cl)c1)C(=O)NCCCCCCO. The van der Waals surface area contributed by atoms with Gasteiger partial charge in [-0.1, -0.05) is 30.5 Å². The van der Waals surface area contributed by atoms with Gasteiger partial charge in [-0.25, -0.2) is 0 Å². The number of hydrogen-bond donors (Lipinski definition) is 2. The number of unbranched alkanes of at least 4 members (excludes halogenated alkanes) is 3. The zero-order valence-corrected chi connectivity index (χ0v) is 12.5. The van der Waals surface area contributed by atoms with Crippen LogP contribution in [0.5, 0.6) is 5.75 Å². The molecule has 2 N–H and O–H groups in total. The molecule has 1 aromatic rings. The van der Waals surface area contributed by atoms with Crippen LogP contribution in [0, 0.1) is 0 Å². The number of carbonyl (C=O) groups is 1. The van der Waals surface area contributed by atoms with Crippen LogP contribution in [0.3, 0.4) is 0 Å². The lowest BCUT2D eigenvalue weighted by Crippen LogP contribution is -2.36. The van der Waals surface area contributed by atoms with Gasteiger partial charge in [0.2, 0.25) is 0 Å². The van der Waals surface area contributed by atoms with Gasteiger partial charge in [0, 0.05) is 18.2 Å². The van der Waals surface area contributed by atoms with E-state index in [1.54, 1.807) is 31.2 Å². The van der Waals surface area contributed by atoms with Crippen LogP contribution in [0.1, 0.15) is 32.6 Å². The molecule has 0 aromatic heterocycles. The lowest BCUT2D eigenvalue weighted by Gasteiger charge is -2.14. The molecule has 0 saturated carbocycles. The predicted molar refractivity (Wildman–Crippen MR) is 80.1 cm³/mol. The number of ether oxygens (including phenoxy) is 1. The summed E-state index contributed by atoms with van der Waals surface area (Å²) >= 11 is 5.85. The zero-order chi connectivity index (χ0) is 14.8. The number of amides is 1. The molecule has 0 fully saturated rings. The summed E-state index contributed by atoms with van der Waals surface area (Å²) in [7, 11) is 0. The van der Waals surface area contributed by atoms with Crippen LogP contribution in [-0.2, 0) is 4.79 Å². The molecule has 5 heteroatoms. The molecule has 112 valence electrons. The molecule has 1 aromatic carbocycles. The summed E-state index contributed by atoms with van der Waals surface area (Å²) in [5.74, 6) is 0.454. The molecule has 0 aliphatic heterocycles. The number of rotatable bonds is 9. The fourth-order valence-electron chi connectivity index (χ4n) is 1.74. The highest BCUT2D eigenvalue weighted by Crippen LogP contribution is 2.18. The highest BCUT2D eigenvalue weighted by atomic mass is 35.5. The Morgan fingerprint density at radius 1 is 1.35 bits per heavy atom. The highest BCUT2D eigenvalue weighted by molar-refractivity contribution is 6.30. The van der Waals surface area contributed by atoms with E-state index in [1.165, 1.54) is 0 Å². The fourth-order valence-corrected chi connectivity index (χ4v) is 1.92. The Balaban J connectivity index is 2.22. The number of benzene rings is 1. The minimum absolute atomic E-state index is 0.132. The van der Waals surface area contributed by atoms with Gasteiger partial charge in [-0.15, -0.1) is 0 Å². The first-order valence-corrected chi connectivity index (χ1v) is 7.32. The summed E-state index contributed by atoms with van der Waals surface area (Å²) in [5, 5.41) is 12.1. The summed E-state index contributed by atoms with van der Waals surface area (Å²) in [6, 6.07) is 6.99. The van der Waals surface area contributed by atoms with E-state index in [0.717, 1.165) is 25.7 Å². The molecule has 0 radical (unpaired) electrons. The monoisotopic (exact) mass is 299 g/mol. The lowest BCUT2D eigenvalue weighted by atomic mass is 10.2. The third kappa shape index (κ3) is 6.78. The maximum Gasteiger partial charge on any atom is 0.260 e. The Labute approximate surface area is 125 Å². The Morgan fingerprint density at radius 2 is 2.10 bits per heavy atom. The van der Waals surface area contributed by atoms with Gasteiger partial charge in [0.15, 0.2) is 6.10 Å². The van der Waals surface area contributed by atoms with E-state index in [2.05, 4.69) is 5.32 Å². The van der Waals surface area contributed by atoms with Crippen molar-refractivity contribution in [3.05, 3.63) is 29.3 Å².